The molecule has 0 bridgehead atoms. The zero-order valence-electron chi connectivity index (χ0n) is 18.2. The molecule has 1 saturated heterocycles. The van der Waals surface area contributed by atoms with Crippen LogP contribution >= 0.6 is 0 Å². The van der Waals surface area contributed by atoms with Crippen molar-refractivity contribution in [2.45, 2.75) is 26.3 Å². The molecule has 3 nitrogen and oxygen atoms in total. The lowest BCUT2D eigenvalue weighted by Gasteiger charge is -2.40. The highest BCUT2D eigenvalue weighted by Gasteiger charge is 2.29. The van der Waals surface area contributed by atoms with Crippen molar-refractivity contribution in [1.29, 1.82) is 0 Å². The second-order valence-corrected chi connectivity index (χ2v) is 8.39. The molecule has 1 amide bonds. The number of hydrogen-bond donors (Lipinski definition) is 0. The molecule has 0 saturated carbocycles. The van der Waals surface area contributed by atoms with Crippen LogP contribution in [0.3, 0.4) is 0 Å². The first-order chi connectivity index (χ1) is 15.0. The van der Waals surface area contributed by atoms with Gasteiger partial charge in [0.2, 0.25) is 5.91 Å². The van der Waals surface area contributed by atoms with E-state index in [0.29, 0.717) is 19.5 Å². The average Bonchev–Trinajstić information content (AvgIpc) is 2.79. The second kappa shape index (κ2) is 9.44. The Morgan fingerprint density at radius 3 is 2.26 bits per heavy atom. The quantitative estimate of drug-likeness (QED) is 0.590. The van der Waals surface area contributed by atoms with E-state index in [2.05, 4.69) is 67.3 Å². The molecule has 160 valence electrons. The second-order valence-electron chi connectivity index (χ2n) is 8.39. The first-order valence-corrected chi connectivity index (χ1v) is 10.9. The van der Waals surface area contributed by atoms with Gasteiger partial charge in [-0.25, -0.2) is 4.39 Å². The molecule has 0 N–H and O–H groups in total. The number of carbonyl (C=O) groups excluding carboxylic acids is 1. The van der Waals surface area contributed by atoms with Gasteiger partial charge in [0.05, 0.1) is 12.5 Å². The molecule has 31 heavy (non-hydrogen) atoms. The predicted molar refractivity (Wildman–Crippen MR) is 122 cm³/mol. The van der Waals surface area contributed by atoms with E-state index in [1.165, 1.54) is 34.4 Å². The molecule has 1 unspecified atom stereocenters. The molecule has 3 aromatic rings. The zero-order valence-corrected chi connectivity index (χ0v) is 18.2. The summed E-state index contributed by atoms with van der Waals surface area (Å²) in [6.45, 7) is 7.36. The molecular weight excluding hydrogens is 387 g/mol. The summed E-state index contributed by atoms with van der Waals surface area (Å²) in [5, 5.41) is 0. The minimum Gasteiger partial charge on any atom is -0.340 e. The van der Waals surface area contributed by atoms with Gasteiger partial charge in [-0.1, -0.05) is 66.2 Å². The molecule has 0 radical (unpaired) electrons. The van der Waals surface area contributed by atoms with Crippen molar-refractivity contribution in [3.8, 4) is 0 Å². The van der Waals surface area contributed by atoms with Gasteiger partial charge in [-0.3, -0.25) is 9.69 Å². The van der Waals surface area contributed by atoms with Crippen LogP contribution in [-0.4, -0.2) is 41.9 Å². The first kappa shape index (κ1) is 21.3. The lowest BCUT2D eigenvalue weighted by atomic mass is 9.92. The molecule has 1 aliphatic heterocycles. The highest BCUT2D eigenvalue weighted by atomic mass is 19.1. The van der Waals surface area contributed by atoms with Crippen molar-refractivity contribution < 1.29 is 9.18 Å². The summed E-state index contributed by atoms with van der Waals surface area (Å²) in [4.78, 5) is 17.2. The summed E-state index contributed by atoms with van der Waals surface area (Å²) in [5.74, 6) is -0.169. The van der Waals surface area contributed by atoms with Crippen molar-refractivity contribution in [1.82, 2.24) is 9.80 Å². The molecule has 1 aliphatic rings. The lowest BCUT2D eigenvalue weighted by Crippen LogP contribution is -2.50. The Bertz CT molecular complexity index is 1020. The summed E-state index contributed by atoms with van der Waals surface area (Å²) in [7, 11) is 0. The van der Waals surface area contributed by atoms with E-state index >= 15 is 0 Å². The number of amides is 1. The maximum absolute atomic E-state index is 13.1. The third-order valence-corrected chi connectivity index (χ3v) is 6.15. The maximum Gasteiger partial charge on any atom is 0.227 e. The summed E-state index contributed by atoms with van der Waals surface area (Å²) in [5.41, 5.74) is 6.01. The number of hydrogen-bond acceptors (Lipinski definition) is 2. The van der Waals surface area contributed by atoms with Crippen molar-refractivity contribution in [3.05, 3.63) is 106 Å². The minimum atomic E-state index is -0.275. The average molecular weight is 417 g/mol. The third-order valence-electron chi connectivity index (χ3n) is 6.15. The maximum atomic E-state index is 13.1. The summed E-state index contributed by atoms with van der Waals surface area (Å²) in [6.07, 6.45) is 0.319. The van der Waals surface area contributed by atoms with E-state index in [4.69, 9.17) is 0 Å². The highest BCUT2D eigenvalue weighted by Crippen LogP contribution is 2.32. The zero-order chi connectivity index (χ0) is 21.8. The number of rotatable bonds is 5. The monoisotopic (exact) mass is 416 g/mol. The Balaban J connectivity index is 1.49. The van der Waals surface area contributed by atoms with E-state index in [-0.39, 0.29) is 17.8 Å². The Labute approximate surface area is 184 Å². The van der Waals surface area contributed by atoms with Crippen molar-refractivity contribution in [2.75, 3.05) is 26.2 Å². The number of carbonyl (C=O) groups is 1. The Kier molecular flexibility index (Phi) is 6.47. The first-order valence-electron chi connectivity index (χ1n) is 10.9. The highest BCUT2D eigenvalue weighted by molar-refractivity contribution is 5.78. The number of benzene rings is 3. The van der Waals surface area contributed by atoms with E-state index in [1.807, 2.05) is 4.90 Å². The number of halogens is 1. The Hall–Kier alpha value is -2.98. The van der Waals surface area contributed by atoms with Crippen molar-refractivity contribution in [3.63, 3.8) is 0 Å². The fraction of sp³-hybridized carbons (Fsp3) is 0.296. The predicted octanol–water partition coefficient (Wildman–Crippen LogP) is 4.92. The lowest BCUT2D eigenvalue weighted by molar-refractivity contribution is -0.132. The molecule has 0 aromatic heterocycles. The molecule has 1 atom stereocenters. The van der Waals surface area contributed by atoms with Gasteiger partial charge in [0.15, 0.2) is 0 Å². The van der Waals surface area contributed by atoms with Gasteiger partial charge in [0.1, 0.15) is 5.82 Å². The van der Waals surface area contributed by atoms with Crippen LogP contribution in [0, 0.1) is 19.7 Å². The standard InChI is InChI=1S/C27H29FN2O/c1-20-8-9-21(2)25(18-20)27(23-6-4-3-5-7-23)30-16-14-29(15-17-30)26(31)19-22-10-12-24(28)13-11-22/h3-13,18,27H,14-17,19H2,1-2H3. The van der Waals surface area contributed by atoms with Gasteiger partial charge in [-0.2, -0.15) is 0 Å². The molecule has 3 aromatic carbocycles. The Morgan fingerprint density at radius 1 is 0.903 bits per heavy atom. The van der Waals surface area contributed by atoms with Gasteiger partial charge in [0.25, 0.3) is 0 Å². The largest absolute Gasteiger partial charge is 0.340 e. The van der Waals surface area contributed by atoms with Crippen LogP contribution in [0.1, 0.15) is 33.9 Å². The van der Waals surface area contributed by atoms with Gasteiger partial charge < -0.3 is 4.90 Å². The Morgan fingerprint density at radius 2 is 1.58 bits per heavy atom. The molecule has 0 aliphatic carbocycles. The fourth-order valence-corrected chi connectivity index (χ4v) is 4.40. The van der Waals surface area contributed by atoms with E-state index < -0.39 is 0 Å². The van der Waals surface area contributed by atoms with Crippen LogP contribution in [0.25, 0.3) is 0 Å². The van der Waals surface area contributed by atoms with Gasteiger partial charge >= 0.3 is 0 Å². The van der Waals surface area contributed by atoms with Gasteiger partial charge in [-0.05, 0) is 48.2 Å². The van der Waals surface area contributed by atoms with Crippen molar-refractivity contribution >= 4 is 5.91 Å². The van der Waals surface area contributed by atoms with Crippen molar-refractivity contribution in [2.24, 2.45) is 0 Å². The van der Waals surface area contributed by atoms with Crippen LogP contribution in [0.5, 0.6) is 0 Å². The van der Waals surface area contributed by atoms with Crippen LogP contribution < -0.4 is 0 Å². The molecule has 0 spiro atoms. The van der Waals surface area contributed by atoms with E-state index in [1.54, 1.807) is 12.1 Å². The topological polar surface area (TPSA) is 23.6 Å². The van der Waals surface area contributed by atoms with Crippen LogP contribution in [0.2, 0.25) is 0 Å². The molecule has 4 heteroatoms. The SMILES string of the molecule is Cc1ccc(C)c(C(c2ccccc2)N2CCN(C(=O)Cc3ccc(F)cc3)CC2)c1. The van der Waals surface area contributed by atoms with Gasteiger partial charge in [0, 0.05) is 26.2 Å². The number of aryl methyl sites for hydroxylation is 2. The number of piperazine rings is 1. The normalized spacial score (nSPS) is 15.6. The van der Waals surface area contributed by atoms with Crippen LogP contribution in [0.15, 0.2) is 72.8 Å². The summed E-state index contributed by atoms with van der Waals surface area (Å²) in [6, 6.07) is 23.7. The van der Waals surface area contributed by atoms with Crippen LogP contribution in [0.4, 0.5) is 4.39 Å². The van der Waals surface area contributed by atoms with Gasteiger partial charge in [-0.15, -0.1) is 0 Å². The molecule has 1 heterocycles. The smallest absolute Gasteiger partial charge is 0.227 e. The molecule has 4 rings (SSSR count). The van der Waals surface area contributed by atoms with E-state index in [9.17, 15) is 9.18 Å². The third kappa shape index (κ3) is 5.02. The molecular formula is C27H29FN2O. The minimum absolute atomic E-state index is 0.106. The van der Waals surface area contributed by atoms with E-state index in [0.717, 1.165) is 18.7 Å². The number of nitrogens with zero attached hydrogens (tertiary/aromatic N) is 2. The fourth-order valence-electron chi connectivity index (χ4n) is 4.40. The van der Waals surface area contributed by atoms with Crippen LogP contribution in [-0.2, 0) is 11.2 Å². The summed E-state index contributed by atoms with van der Waals surface area (Å²) >= 11 is 0. The molecule has 1 fully saturated rings. The summed E-state index contributed by atoms with van der Waals surface area (Å²) < 4.78 is 13.1.